The highest BCUT2D eigenvalue weighted by Gasteiger charge is 2.42. The maximum absolute atomic E-state index is 13.1. The fourth-order valence-corrected chi connectivity index (χ4v) is 1.56. The topological polar surface area (TPSA) is 57.0 Å². The van der Waals surface area contributed by atoms with Crippen molar-refractivity contribution in [3.8, 4) is 5.69 Å². The summed E-state index contributed by atoms with van der Waals surface area (Å²) in [5.41, 5.74) is -2.61. The van der Waals surface area contributed by atoms with E-state index in [4.69, 9.17) is 0 Å². The van der Waals surface area contributed by atoms with Crippen LogP contribution in [0.2, 0.25) is 0 Å². The van der Waals surface area contributed by atoms with E-state index >= 15 is 0 Å². The van der Waals surface area contributed by atoms with E-state index < -0.39 is 29.4 Å². The quantitative estimate of drug-likeness (QED) is 0.628. The number of hydrogen-bond donors (Lipinski definition) is 0. The first-order chi connectivity index (χ1) is 9.34. The first-order valence-corrected chi connectivity index (χ1v) is 5.21. The Kier molecular flexibility index (Phi) is 3.43. The second kappa shape index (κ2) is 4.91. The van der Waals surface area contributed by atoms with Crippen LogP contribution >= 0.6 is 0 Å². The minimum atomic E-state index is -4.90. The van der Waals surface area contributed by atoms with Crippen LogP contribution in [-0.4, -0.2) is 28.1 Å². The number of rotatable bonds is 2. The Bertz CT molecular complexity index is 651. The van der Waals surface area contributed by atoms with Gasteiger partial charge < -0.3 is 4.74 Å². The third kappa shape index (κ3) is 2.46. The molecule has 0 aliphatic heterocycles. The number of hydrogen-bond acceptors (Lipinski definition) is 4. The molecule has 0 saturated heterocycles. The molecular formula is C11H7F4N3O2. The highest BCUT2D eigenvalue weighted by Crippen LogP contribution is 2.33. The maximum Gasteiger partial charge on any atom is 0.436 e. The summed E-state index contributed by atoms with van der Waals surface area (Å²) in [6.45, 7) is 0. The second-order valence-corrected chi connectivity index (χ2v) is 3.67. The Morgan fingerprint density at radius 3 is 2.60 bits per heavy atom. The van der Waals surface area contributed by atoms with Gasteiger partial charge in [0.2, 0.25) is 5.69 Å². The van der Waals surface area contributed by atoms with Crippen LogP contribution in [0.4, 0.5) is 17.6 Å². The number of benzene rings is 1. The Morgan fingerprint density at radius 1 is 1.35 bits per heavy atom. The van der Waals surface area contributed by atoms with Crippen LogP contribution < -0.4 is 0 Å². The zero-order chi connectivity index (χ0) is 14.9. The van der Waals surface area contributed by atoms with E-state index in [9.17, 15) is 22.4 Å². The molecule has 1 aromatic heterocycles. The van der Waals surface area contributed by atoms with Gasteiger partial charge in [-0.25, -0.2) is 13.9 Å². The number of methoxy groups -OCH3 is 1. The van der Waals surface area contributed by atoms with Crippen molar-refractivity contribution in [1.82, 2.24) is 15.0 Å². The van der Waals surface area contributed by atoms with E-state index in [0.717, 1.165) is 19.2 Å². The third-order valence-corrected chi connectivity index (χ3v) is 2.37. The highest BCUT2D eigenvalue weighted by molar-refractivity contribution is 5.88. The summed E-state index contributed by atoms with van der Waals surface area (Å²) in [4.78, 5) is 11.3. The summed E-state index contributed by atoms with van der Waals surface area (Å²) in [5, 5.41) is 6.40. The Morgan fingerprint density at radius 2 is 2.05 bits per heavy atom. The van der Waals surface area contributed by atoms with Crippen LogP contribution in [0, 0.1) is 5.82 Å². The van der Waals surface area contributed by atoms with Crippen LogP contribution in [0.5, 0.6) is 0 Å². The predicted octanol–water partition coefficient (Wildman–Crippen LogP) is 2.21. The van der Waals surface area contributed by atoms with Crippen molar-refractivity contribution in [3.05, 3.63) is 41.5 Å². The van der Waals surface area contributed by atoms with Gasteiger partial charge >= 0.3 is 12.1 Å². The lowest BCUT2D eigenvalue weighted by atomic mass is 10.2. The van der Waals surface area contributed by atoms with Crippen LogP contribution in [0.1, 0.15) is 16.2 Å². The van der Waals surface area contributed by atoms with E-state index in [2.05, 4.69) is 15.0 Å². The van der Waals surface area contributed by atoms with Crippen molar-refractivity contribution in [2.75, 3.05) is 7.11 Å². The van der Waals surface area contributed by atoms with Gasteiger partial charge in [-0.2, -0.15) is 13.2 Å². The van der Waals surface area contributed by atoms with Gasteiger partial charge in [0.05, 0.1) is 12.8 Å². The molecule has 0 fully saturated rings. The summed E-state index contributed by atoms with van der Waals surface area (Å²) in [6.07, 6.45) is -4.90. The average Bonchev–Trinajstić information content (AvgIpc) is 2.82. The number of carbonyl (C=O) groups excluding carboxylic acids is 1. The molecule has 0 bridgehead atoms. The first kappa shape index (κ1) is 14.0. The molecule has 0 amide bonds. The SMILES string of the molecule is COC(=O)c1nnn(-c2cccc(F)c2)c1C(F)(F)F. The molecule has 0 unspecified atom stereocenters. The summed E-state index contributed by atoms with van der Waals surface area (Å²) in [5.74, 6) is -2.02. The summed E-state index contributed by atoms with van der Waals surface area (Å²) in [7, 11) is 0.920. The van der Waals surface area contributed by atoms with Crippen LogP contribution in [0.15, 0.2) is 24.3 Å². The van der Waals surface area contributed by atoms with Gasteiger partial charge in [-0.1, -0.05) is 11.3 Å². The van der Waals surface area contributed by atoms with Gasteiger partial charge in [0, 0.05) is 0 Å². The molecule has 0 aliphatic carbocycles. The number of carbonyl (C=O) groups is 1. The molecule has 106 valence electrons. The maximum atomic E-state index is 13.1. The number of nitrogens with zero attached hydrogens (tertiary/aromatic N) is 3. The molecular weight excluding hydrogens is 282 g/mol. The molecule has 1 heterocycles. The van der Waals surface area contributed by atoms with Gasteiger partial charge in [-0.15, -0.1) is 5.10 Å². The smallest absolute Gasteiger partial charge is 0.436 e. The van der Waals surface area contributed by atoms with Crippen LogP contribution in [-0.2, 0) is 10.9 Å². The van der Waals surface area contributed by atoms with Crippen molar-refractivity contribution in [2.45, 2.75) is 6.18 Å². The van der Waals surface area contributed by atoms with Gasteiger partial charge in [0.1, 0.15) is 5.82 Å². The molecule has 1 aromatic carbocycles. The molecule has 5 nitrogen and oxygen atoms in total. The van der Waals surface area contributed by atoms with Crippen molar-refractivity contribution < 1.29 is 27.1 Å². The number of halogens is 4. The zero-order valence-electron chi connectivity index (χ0n) is 9.98. The number of esters is 1. The molecule has 9 heteroatoms. The molecule has 0 aliphatic rings. The third-order valence-electron chi connectivity index (χ3n) is 2.37. The molecule has 0 radical (unpaired) electrons. The molecule has 0 spiro atoms. The van der Waals surface area contributed by atoms with E-state index in [1.807, 2.05) is 0 Å². The Labute approximate surface area is 109 Å². The molecule has 20 heavy (non-hydrogen) atoms. The fraction of sp³-hybridized carbons (Fsp3) is 0.182. The Balaban J connectivity index is 2.66. The van der Waals surface area contributed by atoms with Gasteiger partial charge in [0.25, 0.3) is 0 Å². The highest BCUT2D eigenvalue weighted by atomic mass is 19.4. The Hall–Kier alpha value is -2.45. The second-order valence-electron chi connectivity index (χ2n) is 3.67. The first-order valence-electron chi connectivity index (χ1n) is 5.21. The molecule has 0 N–H and O–H groups in total. The van der Waals surface area contributed by atoms with E-state index in [1.165, 1.54) is 12.1 Å². The molecule has 2 rings (SSSR count). The lowest BCUT2D eigenvalue weighted by molar-refractivity contribution is -0.143. The summed E-state index contributed by atoms with van der Waals surface area (Å²) < 4.78 is 56.7. The average molecular weight is 289 g/mol. The van der Waals surface area contributed by atoms with Gasteiger partial charge in [-0.05, 0) is 18.2 Å². The number of aromatic nitrogens is 3. The van der Waals surface area contributed by atoms with Crippen molar-refractivity contribution in [2.24, 2.45) is 0 Å². The van der Waals surface area contributed by atoms with Crippen LogP contribution in [0.3, 0.4) is 0 Å². The standard InChI is InChI=1S/C11H7F4N3O2/c1-20-10(19)8-9(11(13,14)15)18(17-16-8)7-4-2-3-6(12)5-7/h2-5H,1H3. The number of alkyl halides is 3. The lowest BCUT2D eigenvalue weighted by Crippen LogP contribution is -2.18. The van der Waals surface area contributed by atoms with Crippen LogP contribution in [0.25, 0.3) is 5.69 Å². The van der Waals surface area contributed by atoms with Crippen molar-refractivity contribution in [1.29, 1.82) is 0 Å². The molecule has 0 atom stereocenters. The largest absolute Gasteiger partial charge is 0.464 e. The van der Waals surface area contributed by atoms with Crippen molar-refractivity contribution in [3.63, 3.8) is 0 Å². The summed E-state index contributed by atoms with van der Waals surface area (Å²) >= 11 is 0. The minimum absolute atomic E-state index is 0.208. The van der Waals surface area contributed by atoms with E-state index in [-0.39, 0.29) is 5.69 Å². The minimum Gasteiger partial charge on any atom is -0.464 e. The summed E-state index contributed by atoms with van der Waals surface area (Å²) in [6, 6.07) is 4.32. The fourth-order valence-electron chi connectivity index (χ4n) is 1.56. The molecule has 2 aromatic rings. The van der Waals surface area contributed by atoms with E-state index in [0.29, 0.717) is 4.68 Å². The van der Waals surface area contributed by atoms with Gasteiger partial charge in [-0.3, -0.25) is 0 Å². The van der Waals surface area contributed by atoms with E-state index in [1.54, 1.807) is 0 Å². The monoisotopic (exact) mass is 289 g/mol. The zero-order valence-corrected chi connectivity index (χ0v) is 9.98. The van der Waals surface area contributed by atoms with Gasteiger partial charge in [0.15, 0.2) is 5.69 Å². The lowest BCUT2D eigenvalue weighted by Gasteiger charge is -2.10. The number of ether oxygens (including phenoxy) is 1. The van der Waals surface area contributed by atoms with Crippen molar-refractivity contribution >= 4 is 5.97 Å². The normalized spacial score (nSPS) is 11.4. The predicted molar refractivity (Wildman–Crippen MR) is 57.7 cm³/mol. The molecule has 0 saturated carbocycles.